The number of thiophene rings is 1. The molecule has 0 saturated heterocycles. The number of nitrogens with zero attached hydrogens (tertiary/aromatic N) is 1. The predicted molar refractivity (Wildman–Crippen MR) is 137 cm³/mol. The van der Waals surface area contributed by atoms with Gasteiger partial charge in [0.1, 0.15) is 5.25 Å². The van der Waals surface area contributed by atoms with Gasteiger partial charge in [-0.15, -0.1) is 11.3 Å². The van der Waals surface area contributed by atoms with Crippen molar-refractivity contribution >= 4 is 49.5 Å². The van der Waals surface area contributed by atoms with Gasteiger partial charge in [-0.1, -0.05) is 37.6 Å². The van der Waals surface area contributed by atoms with E-state index in [9.17, 15) is 14.5 Å². The maximum absolute atomic E-state index is 13.6. The Balaban J connectivity index is 1.76. The Labute approximate surface area is 200 Å². The molecule has 1 fully saturated rings. The van der Waals surface area contributed by atoms with Crippen molar-refractivity contribution in [2.24, 2.45) is 0 Å². The van der Waals surface area contributed by atoms with Gasteiger partial charge in [0.05, 0.1) is 27.0 Å². The highest BCUT2D eigenvalue weighted by atomic mass is 32.2. The molecule has 0 amide bonds. The summed E-state index contributed by atoms with van der Waals surface area (Å²) in [6.45, 7) is 4.11. The van der Waals surface area contributed by atoms with Gasteiger partial charge in [-0.3, -0.25) is 0 Å². The number of hydrogen-bond donors (Lipinski definition) is 1. The van der Waals surface area contributed by atoms with Gasteiger partial charge in [0.15, 0.2) is 4.90 Å². The molecule has 1 aliphatic rings. The highest BCUT2D eigenvalue weighted by molar-refractivity contribution is 7.92. The Bertz CT molecular complexity index is 1350. The van der Waals surface area contributed by atoms with Gasteiger partial charge in [-0.2, -0.15) is 0 Å². The zero-order valence-electron chi connectivity index (χ0n) is 18.9. The van der Waals surface area contributed by atoms with Crippen LogP contribution in [0.3, 0.4) is 0 Å². The Hall–Kier alpha value is -2.41. The lowest BCUT2D eigenvalue weighted by Gasteiger charge is -2.26. The number of pyridine rings is 1. The van der Waals surface area contributed by atoms with Crippen LogP contribution in [0.1, 0.15) is 60.5 Å². The van der Waals surface area contributed by atoms with E-state index < -0.39 is 17.1 Å². The molecule has 1 saturated carbocycles. The van der Waals surface area contributed by atoms with Gasteiger partial charge in [-0.25, -0.2) is 9.78 Å². The van der Waals surface area contributed by atoms with Crippen LogP contribution in [0.2, 0.25) is 0 Å². The molecule has 1 N–H and O–H groups in total. The van der Waals surface area contributed by atoms with Crippen LogP contribution in [0.5, 0.6) is 0 Å². The van der Waals surface area contributed by atoms with Crippen molar-refractivity contribution in [3.8, 4) is 10.6 Å². The van der Waals surface area contributed by atoms with Gasteiger partial charge in [0, 0.05) is 4.70 Å². The first-order valence-corrected chi connectivity index (χ1v) is 13.6. The van der Waals surface area contributed by atoms with Crippen molar-refractivity contribution in [1.29, 1.82) is 0 Å². The molecule has 2 heterocycles. The molecule has 0 spiro atoms. The average Bonchev–Trinajstić information content (AvgIpc) is 3.19. The minimum atomic E-state index is -1.25. The number of benzene rings is 2. The lowest BCUT2D eigenvalue weighted by Crippen LogP contribution is -2.24. The van der Waals surface area contributed by atoms with E-state index in [4.69, 9.17) is 4.98 Å². The van der Waals surface area contributed by atoms with Crippen LogP contribution in [0.15, 0.2) is 47.4 Å². The minimum Gasteiger partial charge on any atom is -0.611 e. The van der Waals surface area contributed by atoms with E-state index in [2.05, 4.69) is 19.1 Å². The summed E-state index contributed by atoms with van der Waals surface area (Å²) in [5.74, 6) is -1.00. The quantitative estimate of drug-likeness (QED) is 0.310. The van der Waals surface area contributed by atoms with Crippen LogP contribution >= 0.6 is 11.3 Å². The van der Waals surface area contributed by atoms with E-state index in [-0.39, 0.29) is 10.8 Å². The van der Waals surface area contributed by atoms with Crippen LogP contribution in [0.25, 0.3) is 31.6 Å². The maximum atomic E-state index is 13.6. The van der Waals surface area contributed by atoms with Crippen LogP contribution in [0, 0.1) is 6.92 Å². The molecule has 0 radical (unpaired) electrons. The third-order valence-electron chi connectivity index (χ3n) is 6.77. The number of rotatable bonds is 5. The molecule has 6 heteroatoms. The third kappa shape index (κ3) is 3.94. The zero-order chi connectivity index (χ0) is 23.1. The monoisotopic (exact) mass is 477 g/mol. The van der Waals surface area contributed by atoms with Crippen molar-refractivity contribution in [1.82, 2.24) is 4.98 Å². The number of aryl methyl sites for hydroxylation is 2. The maximum Gasteiger partial charge on any atom is 0.336 e. The first-order valence-electron chi connectivity index (χ1n) is 11.6. The number of aromatic carboxylic acids is 1. The molecular weight excluding hydrogens is 450 g/mol. The largest absolute Gasteiger partial charge is 0.611 e. The van der Waals surface area contributed by atoms with Crippen molar-refractivity contribution in [3.05, 3.63) is 59.2 Å². The molecule has 5 rings (SSSR count). The van der Waals surface area contributed by atoms with Crippen LogP contribution in [-0.4, -0.2) is 25.9 Å². The number of aromatic nitrogens is 1. The molecule has 1 unspecified atom stereocenters. The van der Waals surface area contributed by atoms with E-state index in [0.29, 0.717) is 21.5 Å². The SMILES string of the molecule is CCc1ccc([S+]([O-])C2CCCCC2)c2c(C(=O)O)cc(-c3sc4ccccc4c3C)nc12. The summed E-state index contributed by atoms with van der Waals surface area (Å²) in [4.78, 5) is 19.1. The van der Waals surface area contributed by atoms with E-state index in [1.54, 1.807) is 17.4 Å². The number of carbonyl (C=O) groups is 1. The van der Waals surface area contributed by atoms with Gasteiger partial charge >= 0.3 is 5.97 Å². The topological polar surface area (TPSA) is 73.2 Å². The molecule has 4 nitrogen and oxygen atoms in total. The standard InChI is InChI=1S/C27H27NO3S2/c1-3-17-13-14-23(33(31)18-9-5-4-6-10-18)24-20(27(29)30)15-21(28-25(17)24)26-16(2)19-11-7-8-12-22(19)32-26/h7-8,11-15,18H,3-6,9-10H2,1-2H3,(H,29,30). The molecule has 1 aliphatic carbocycles. The minimum absolute atomic E-state index is 0.0839. The van der Waals surface area contributed by atoms with Gasteiger partial charge in [0.25, 0.3) is 0 Å². The Morgan fingerprint density at radius 1 is 1.18 bits per heavy atom. The van der Waals surface area contributed by atoms with Gasteiger partial charge < -0.3 is 9.66 Å². The molecule has 4 aromatic rings. The number of carboxylic acids is 1. The second kappa shape index (κ2) is 9.09. The second-order valence-corrected chi connectivity index (χ2v) is 11.5. The summed E-state index contributed by atoms with van der Waals surface area (Å²) in [6.07, 6.45) is 5.94. The van der Waals surface area contributed by atoms with Crippen LogP contribution < -0.4 is 0 Å². The lowest BCUT2D eigenvalue weighted by molar-refractivity contribution is 0.0699. The average molecular weight is 478 g/mol. The van der Waals surface area contributed by atoms with Crippen molar-refractivity contribution in [2.45, 2.75) is 62.5 Å². The fraction of sp³-hybridized carbons (Fsp3) is 0.333. The highest BCUT2D eigenvalue weighted by Gasteiger charge is 2.31. The summed E-state index contributed by atoms with van der Waals surface area (Å²) in [5, 5.41) is 12.0. The number of hydrogen-bond acceptors (Lipinski definition) is 4. The van der Waals surface area contributed by atoms with Gasteiger partial charge in [0.2, 0.25) is 0 Å². The number of fused-ring (bicyclic) bond motifs is 2. The van der Waals surface area contributed by atoms with E-state index in [0.717, 1.165) is 52.8 Å². The van der Waals surface area contributed by atoms with Crippen molar-refractivity contribution in [3.63, 3.8) is 0 Å². The summed E-state index contributed by atoms with van der Waals surface area (Å²) in [7, 11) is 0. The fourth-order valence-electron chi connectivity index (χ4n) is 4.98. The predicted octanol–water partition coefficient (Wildman–Crippen LogP) is 7.13. The van der Waals surface area contributed by atoms with Crippen LogP contribution in [0.4, 0.5) is 0 Å². The van der Waals surface area contributed by atoms with E-state index >= 15 is 0 Å². The Morgan fingerprint density at radius 3 is 2.64 bits per heavy atom. The molecule has 2 aromatic heterocycles. The van der Waals surface area contributed by atoms with E-state index in [1.807, 2.05) is 31.2 Å². The molecule has 33 heavy (non-hydrogen) atoms. The summed E-state index contributed by atoms with van der Waals surface area (Å²) >= 11 is 0.387. The van der Waals surface area contributed by atoms with Crippen molar-refractivity contribution < 1.29 is 14.5 Å². The smallest absolute Gasteiger partial charge is 0.336 e. The zero-order valence-corrected chi connectivity index (χ0v) is 20.5. The summed E-state index contributed by atoms with van der Waals surface area (Å²) < 4.78 is 14.8. The highest BCUT2D eigenvalue weighted by Crippen LogP contribution is 2.41. The summed E-state index contributed by atoms with van der Waals surface area (Å²) in [6, 6.07) is 13.8. The molecule has 1 atom stereocenters. The molecular formula is C27H27NO3S2. The number of carboxylic acid groups (broad SMARTS) is 1. The van der Waals surface area contributed by atoms with E-state index in [1.165, 1.54) is 11.8 Å². The molecule has 2 aromatic carbocycles. The molecule has 0 aliphatic heterocycles. The Morgan fingerprint density at radius 2 is 1.94 bits per heavy atom. The molecule has 170 valence electrons. The van der Waals surface area contributed by atoms with Gasteiger partial charge in [-0.05, 0) is 84.9 Å². The normalized spacial score (nSPS) is 15.8. The van der Waals surface area contributed by atoms with Crippen LogP contribution in [-0.2, 0) is 17.6 Å². The van der Waals surface area contributed by atoms with Crippen molar-refractivity contribution in [2.75, 3.05) is 0 Å². The first-order chi connectivity index (χ1) is 16.0. The Kier molecular flexibility index (Phi) is 6.16. The lowest BCUT2D eigenvalue weighted by atomic mass is 10.0. The second-order valence-electron chi connectivity index (χ2n) is 8.77. The summed E-state index contributed by atoms with van der Waals surface area (Å²) in [5.41, 5.74) is 3.64. The molecule has 0 bridgehead atoms. The first kappa shape index (κ1) is 22.4. The fourth-order valence-corrected chi connectivity index (χ4v) is 7.88. The third-order valence-corrected chi connectivity index (χ3v) is 9.91.